The molecule has 0 unspecified atom stereocenters. The molecule has 2 aromatic heterocycles. The molecule has 0 amide bonds. The van der Waals surface area contributed by atoms with E-state index in [-0.39, 0.29) is 6.04 Å². The summed E-state index contributed by atoms with van der Waals surface area (Å²) in [6, 6.07) is 0.117. The zero-order chi connectivity index (χ0) is 17.4. The molecule has 2 aliphatic rings. The van der Waals surface area contributed by atoms with Crippen molar-refractivity contribution in [1.29, 1.82) is 0 Å². The molecule has 1 aliphatic carbocycles. The summed E-state index contributed by atoms with van der Waals surface area (Å²) in [6.07, 6.45) is 5.43. The molecule has 7 nitrogen and oxygen atoms in total. The Balaban J connectivity index is 1.41. The number of nitrogens with zero attached hydrogens (tertiary/aromatic N) is 5. The van der Waals surface area contributed by atoms with Gasteiger partial charge < -0.3 is 8.94 Å². The van der Waals surface area contributed by atoms with Gasteiger partial charge in [-0.2, -0.15) is 4.98 Å². The van der Waals surface area contributed by atoms with Crippen LogP contribution >= 0.6 is 0 Å². The summed E-state index contributed by atoms with van der Waals surface area (Å²) in [5, 5.41) is 12.7. The monoisotopic (exact) mass is 345 g/mol. The second-order valence-electron chi connectivity index (χ2n) is 7.91. The van der Waals surface area contributed by atoms with Crippen molar-refractivity contribution in [2.24, 2.45) is 5.92 Å². The van der Waals surface area contributed by atoms with Crippen molar-refractivity contribution < 1.29 is 8.94 Å². The normalized spacial score (nSPS) is 23.3. The van der Waals surface area contributed by atoms with Crippen molar-refractivity contribution in [3.63, 3.8) is 0 Å². The molecule has 1 saturated heterocycles. The van der Waals surface area contributed by atoms with Crippen LogP contribution in [0.3, 0.4) is 0 Å². The van der Waals surface area contributed by atoms with Crippen LogP contribution in [0.25, 0.3) is 0 Å². The highest BCUT2D eigenvalue weighted by atomic mass is 16.5. The van der Waals surface area contributed by atoms with Crippen molar-refractivity contribution in [3.8, 4) is 0 Å². The van der Waals surface area contributed by atoms with Crippen LogP contribution in [0, 0.1) is 5.92 Å². The standard InChI is InChI=1S/C18H27N5O2/c1-11(2)9-15-20-21-17(24-15)12(3)23-8-4-5-14(10-23)16-19-18(25-22-16)13-6-7-13/h11-14H,4-10H2,1-3H3/t12-,14+/m1/s1. The molecule has 0 N–H and O–H groups in total. The quantitative estimate of drug-likeness (QED) is 0.793. The van der Waals surface area contributed by atoms with E-state index >= 15 is 0 Å². The third-order valence-corrected chi connectivity index (χ3v) is 5.17. The van der Waals surface area contributed by atoms with Gasteiger partial charge in [0.25, 0.3) is 0 Å². The topological polar surface area (TPSA) is 81.1 Å². The fourth-order valence-corrected chi connectivity index (χ4v) is 3.50. The summed E-state index contributed by atoms with van der Waals surface area (Å²) in [5.74, 6) is 4.49. The molecule has 0 spiro atoms. The Bertz CT molecular complexity index is 706. The molecule has 1 saturated carbocycles. The summed E-state index contributed by atoms with van der Waals surface area (Å²) in [5.41, 5.74) is 0. The van der Waals surface area contributed by atoms with Crippen LogP contribution in [0.2, 0.25) is 0 Å². The molecule has 25 heavy (non-hydrogen) atoms. The van der Waals surface area contributed by atoms with Gasteiger partial charge in [-0.25, -0.2) is 0 Å². The molecule has 0 aromatic carbocycles. The first-order valence-corrected chi connectivity index (χ1v) is 9.50. The molecular formula is C18H27N5O2. The van der Waals surface area contributed by atoms with E-state index in [0.717, 1.165) is 50.0 Å². The fraction of sp³-hybridized carbons (Fsp3) is 0.778. The molecule has 0 bridgehead atoms. The Morgan fingerprint density at radius 2 is 1.96 bits per heavy atom. The summed E-state index contributed by atoms with van der Waals surface area (Å²) in [4.78, 5) is 7.04. The molecule has 136 valence electrons. The molecule has 2 fully saturated rings. The van der Waals surface area contributed by atoms with E-state index in [9.17, 15) is 0 Å². The Labute approximate surface area is 148 Å². The SMILES string of the molecule is CC(C)Cc1nnc([C@@H](C)N2CCC[C@H](c3noc(C4CC4)n3)C2)o1. The van der Waals surface area contributed by atoms with Crippen LogP contribution in [0.5, 0.6) is 0 Å². The van der Waals surface area contributed by atoms with Gasteiger partial charge in [0.15, 0.2) is 5.82 Å². The van der Waals surface area contributed by atoms with Gasteiger partial charge >= 0.3 is 0 Å². The number of hydrogen-bond donors (Lipinski definition) is 0. The molecule has 3 heterocycles. The first-order valence-electron chi connectivity index (χ1n) is 9.50. The van der Waals surface area contributed by atoms with E-state index < -0.39 is 0 Å². The van der Waals surface area contributed by atoms with Crippen molar-refractivity contribution in [1.82, 2.24) is 25.2 Å². The predicted molar refractivity (Wildman–Crippen MR) is 91.1 cm³/mol. The summed E-state index contributed by atoms with van der Waals surface area (Å²) in [7, 11) is 0. The lowest BCUT2D eigenvalue weighted by atomic mass is 9.96. The smallest absolute Gasteiger partial charge is 0.233 e. The van der Waals surface area contributed by atoms with E-state index in [0.29, 0.717) is 23.6 Å². The minimum Gasteiger partial charge on any atom is -0.424 e. The van der Waals surface area contributed by atoms with Crippen molar-refractivity contribution in [2.75, 3.05) is 13.1 Å². The fourth-order valence-electron chi connectivity index (χ4n) is 3.50. The molecule has 2 atom stereocenters. The van der Waals surface area contributed by atoms with Crippen molar-refractivity contribution in [2.45, 2.75) is 70.8 Å². The van der Waals surface area contributed by atoms with Crippen LogP contribution in [-0.2, 0) is 6.42 Å². The number of rotatable bonds is 6. The van der Waals surface area contributed by atoms with E-state index in [1.165, 1.54) is 12.8 Å². The average molecular weight is 345 g/mol. The molecule has 7 heteroatoms. The molecule has 4 rings (SSSR count). The number of piperidine rings is 1. The molecule has 1 aliphatic heterocycles. The van der Waals surface area contributed by atoms with E-state index in [4.69, 9.17) is 8.94 Å². The second-order valence-corrected chi connectivity index (χ2v) is 7.91. The van der Waals surface area contributed by atoms with Gasteiger partial charge in [0, 0.05) is 24.8 Å². The van der Waals surface area contributed by atoms with E-state index in [1.54, 1.807) is 0 Å². The third-order valence-electron chi connectivity index (χ3n) is 5.17. The highest BCUT2D eigenvalue weighted by Gasteiger charge is 2.33. The van der Waals surface area contributed by atoms with Gasteiger partial charge in [0.05, 0.1) is 6.04 Å². The van der Waals surface area contributed by atoms with Crippen LogP contribution in [-0.4, -0.2) is 38.3 Å². The lowest BCUT2D eigenvalue weighted by molar-refractivity contribution is 0.134. The van der Waals surface area contributed by atoms with Crippen LogP contribution in [0.1, 0.15) is 87.8 Å². The summed E-state index contributed by atoms with van der Waals surface area (Å²) in [6.45, 7) is 8.40. The van der Waals surface area contributed by atoms with Gasteiger partial charge in [0.1, 0.15) is 0 Å². The number of aromatic nitrogens is 4. The van der Waals surface area contributed by atoms with E-state index in [2.05, 4.69) is 46.0 Å². The predicted octanol–water partition coefficient (Wildman–Crippen LogP) is 3.47. The Hall–Kier alpha value is -1.76. The van der Waals surface area contributed by atoms with E-state index in [1.807, 2.05) is 0 Å². The molecule has 0 radical (unpaired) electrons. The number of hydrogen-bond acceptors (Lipinski definition) is 7. The third kappa shape index (κ3) is 3.76. The summed E-state index contributed by atoms with van der Waals surface area (Å²) >= 11 is 0. The van der Waals surface area contributed by atoms with Gasteiger partial charge in [-0.1, -0.05) is 19.0 Å². The zero-order valence-electron chi connectivity index (χ0n) is 15.3. The van der Waals surface area contributed by atoms with Crippen molar-refractivity contribution in [3.05, 3.63) is 23.5 Å². The highest BCUT2D eigenvalue weighted by Crippen LogP contribution is 2.40. The second kappa shape index (κ2) is 6.86. The first kappa shape index (κ1) is 16.7. The maximum absolute atomic E-state index is 5.88. The first-order chi connectivity index (χ1) is 12.1. The van der Waals surface area contributed by atoms with Crippen molar-refractivity contribution >= 4 is 0 Å². The van der Waals surface area contributed by atoms with Gasteiger partial charge in [0.2, 0.25) is 17.7 Å². The van der Waals surface area contributed by atoms with Crippen LogP contribution in [0.4, 0.5) is 0 Å². The highest BCUT2D eigenvalue weighted by molar-refractivity contribution is 5.06. The Morgan fingerprint density at radius 3 is 2.72 bits per heavy atom. The minimum absolute atomic E-state index is 0.117. The minimum atomic E-state index is 0.117. The van der Waals surface area contributed by atoms with Crippen LogP contribution < -0.4 is 0 Å². The van der Waals surface area contributed by atoms with Gasteiger partial charge in [-0.05, 0) is 45.1 Å². The zero-order valence-corrected chi connectivity index (χ0v) is 15.3. The van der Waals surface area contributed by atoms with Gasteiger partial charge in [-0.3, -0.25) is 4.90 Å². The summed E-state index contributed by atoms with van der Waals surface area (Å²) < 4.78 is 11.3. The lowest BCUT2D eigenvalue weighted by Gasteiger charge is -2.34. The molecular weight excluding hydrogens is 318 g/mol. The Kier molecular flexibility index (Phi) is 4.58. The molecule has 2 aromatic rings. The lowest BCUT2D eigenvalue weighted by Crippen LogP contribution is -2.36. The maximum atomic E-state index is 5.88. The maximum Gasteiger partial charge on any atom is 0.233 e. The van der Waals surface area contributed by atoms with Crippen LogP contribution in [0.15, 0.2) is 8.94 Å². The Morgan fingerprint density at radius 1 is 1.12 bits per heavy atom. The number of likely N-dealkylation sites (tertiary alicyclic amines) is 1. The van der Waals surface area contributed by atoms with Gasteiger partial charge in [-0.15, -0.1) is 10.2 Å². The largest absolute Gasteiger partial charge is 0.424 e. The average Bonchev–Trinajstić information content (AvgIpc) is 3.15.